The highest BCUT2D eigenvalue weighted by Gasteiger charge is 2.23. The first-order chi connectivity index (χ1) is 22.9. The molecule has 0 spiro atoms. The van der Waals surface area contributed by atoms with Gasteiger partial charge in [-0.1, -0.05) is 79.1 Å². The van der Waals surface area contributed by atoms with Crippen molar-refractivity contribution in [3.63, 3.8) is 0 Å². The summed E-state index contributed by atoms with van der Waals surface area (Å²) in [6.07, 6.45) is 13.4. The molecule has 1 amide bonds. The molecule has 0 bridgehead atoms. The molecule has 2 aromatic heterocycles. The highest BCUT2D eigenvalue weighted by atomic mass is 16.6. The van der Waals surface area contributed by atoms with Gasteiger partial charge in [-0.05, 0) is 49.2 Å². The van der Waals surface area contributed by atoms with Gasteiger partial charge in [-0.2, -0.15) is 0 Å². The van der Waals surface area contributed by atoms with E-state index in [1.54, 1.807) is 19.3 Å². The maximum absolute atomic E-state index is 12.5. The van der Waals surface area contributed by atoms with E-state index in [2.05, 4.69) is 39.1 Å². The van der Waals surface area contributed by atoms with Crippen LogP contribution in [0.25, 0.3) is 21.8 Å². The van der Waals surface area contributed by atoms with Gasteiger partial charge in [0.15, 0.2) is 0 Å². The second kappa shape index (κ2) is 18.9. The zero-order valence-electron chi connectivity index (χ0n) is 28.4. The lowest BCUT2D eigenvalue weighted by atomic mass is 10.1. The van der Waals surface area contributed by atoms with Crippen molar-refractivity contribution in [3.8, 4) is 11.5 Å². The minimum Gasteiger partial charge on any atom is -0.494 e. The predicted octanol–water partition coefficient (Wildman–Crippen LogP) is 8.22. The summed E-state index contributed by atoms with van der Waals surface area (Å²) in [5.74, 6) is 1.75. The second-order valence-corrected chi connectivity index (χ2v) is 12.3. The molecule has 0 fully saturated rings. The topological polar surface area (TPSA) is 129 Å². The fourth-order valence-corrected chi connectivity index (χ4v) is 5.18. The Morgan fingerprint density at radius 1 is 0.745 bits per heavy atom. The van der Waals surface area contributed by atoms with Crippen molar-refractivity contribution < 1.29 is 24.1 Å². The molecule has 0 saturated heterocycles. The zero-order valence-corrected chi connectivity index (χ0v) is 28.4. The van der Waals surface area contributed by atoms with E-state index in [1.807, 2.05) is 43.3 Å². The number of hydrogen-bond donors (Lipinski definition) is 2. The summed E-state index contributed by atoms with van der Waals surface area (Å²) in [6, 6.07) is 11.5. The summed E-state index contributed by atoms with van der Waals surface area (Å²) < 4.78 is 17.2. The molecule has 0 aliphatic carbocycles. The number of unbranched alkanes of at least 4 members (excludes halogenated alkanes) is 8. The molecule has 0 radical (unpaired) electrons. The van der Waals surface area contributed by atoms with Gasteiger partial charge < -0.3 is 19.3 Å². The third kappa shape index (κ3) is 11.3. The number of amides is 1. The molecule has 0 aliphatic heterocycles. The molecule has 2 N–H and O–H groups in total. The number of rotatable bonds is 20. The molecule has 4 rings (SSSR count). The standard InChI is InChI=1S/C37H51N5O5/c1-5-7-9-11-13-19-45-30-15-17-32-28(21-30)23-38-34(40-32)26(3)25-47-37(44)42-36(43)27(4)35-39-24-29-22-31(16-18-33(29)41-35)46-20-14-12-10-8-6-2/h15-18,21-24,26-27,36,43H,5-14,19-20,25H2,1-4H3,(H,42,44). The van der Waals surface area contributed by atoms with Crippen molar-refractivity contribution >= 4 is 27.9 Å². The molecular weight excluding hydrogens is 594 g/mol. The van der Waals surface area contributed by atoms with Crippen LogP contribution in [-0.4, -0.2) is 57.2 Å². The van der Waals surface area contributed by atoms with Crippen molar-refractivity contribution in [2.24, 2.45) is 0 Å². The maximum Gasteiger partial charge on any atom is 0.409 e. The van der Waals surface area contributed by atoms with Crippen LogP contribution in [0.15, 0.2) is 48.8 Å². The van der Waals surface area contributed by atoms with Crippen molar-refractivity contribution in [2.45, 2.75) is 110 Å². The quantitative estimate of drug-likeness (QED) is 0.0721. The Hall–Kier alpha value is -4.05. The average molecular weight is 646 g/mol. The largest absolute Gasteiger partial charge is 0.494 e. The second-order valence-electron chi connectivity index (χ2n) is 12.3. The Balaban J connectivity index is 1.22. The molecule has 2 aromatic carbocycles. The van der Waals surface area contributed by atoms with Crippen LogP contribution in [0.2, 0.25) is 0 Å². The van der Waals surface area contributed by atoms with Crippen LogP contribution in [0.1, 0.15) is 115 Å². The smallest absolute Gasteiger partial charge is 0.409 e. The van der Waals surface area contributed by atoms with Gasteiger partial charge >= 0.3 is 6.09 Å². The molecule has 4 aromatic rings. The van der Waals surface area contributed by atoms with E-state index in [0.29, 0.717) is 24.9 Å². The molecule has 0 saturated carbocycles. The number of ether oxygens (including phenoxy) is 3. The van der Waals surface area contributed by atoms with Crippen LogP contribution >= 0.6 is 0 Å². The first-order valence-electron chi connectivity index (χ1n) is 17.3. The van der Waals surface area contributed by atoms with E-state index in [9.17, 15) is 9.90 Å². The van der Waals surface area contributed by atoms with Gasteiger partial charge in [0.2, 0.25) is 0 Å². The fourth-order valence-electron chi connectivity index (χ4n) is 5.18. The molecule has 0 aliphatic rings. The minimum atomic E-state index is -1.24. The van der Waals surface area contributed by atoms with E-state index in [0.717, 1.165) is 46.1 Å². The lowest BCUT2D eigenvalue weighted by molar-refractivity contribution is 0.0822. The number of hydrogen-bond acceptors (Lipinski definition) is 9. The first kappa shape index (κ1) is 35.8. The Bertz CT molecular complexity index is 1550. The molecule has 3 atom stereocenters. The number of aromatic nitrogens is 4. The van der Waals surface area contributed by atoms with Gasteiger partial charge in [0.05, 0.1) is 36.1 Å². The fraction of sp³-hybridized carbons (Fsp3) is 0.541. The highest BCUT2D eigenvalue weighted by Crippen LogP contribution is 2.24. The normalized spacial score (nSPS) is 13.3. The van der Waals surface area contributed by atoms with Crippen LogP contribution in [0, 0.1) is 0 Å². The lowest BCUT2D eigenvalue weighted by Crippen LogP contribution is -2.39. The van der Waals surface area contributed by atoms with Gasteiger partial charge in [0, 0.05) is 23.2 Å². The average Bonchev–Trinajstić information content (AvgIpc) is 3.09. The van der Waals surface area contributed by atoms with Crippen LogP contribution in [0.4, 0.5) is 4.79 Å². The number of nitrogens with one attached hydrogen (secondary N) is 1. The highest BCUT2D eigenvalue weighted by molar-refractivity contribution is 5.80. The van der Waals surface area contributed by atoms with Crippen LogP contribution in [-0.2, 0) is 4.74 Å². The Labute approximate surface area is 278 Å². The number of benzene rings is 2. The van der Waals surface area contributed by atoms with E-state index >= 15 is 0 Å². The SMILES string of the molecule is CCCCCCCOc1ccc2nc(C(C)COC(=O)NC(O)C(C)c3ncc4cc(OCCCCCCC)ccc4n3)ncc2c1. The molecule has 10 nitrogen and oxygen atoms in total. The monoisotopic (exact) mass is 645 g/mol. The third-order valence-electron chi connectivity index (χ3n) is 8.22. The summed E-state index contributed by atoms with van der Waals surface area (Å²) in [6.45, 7) is 9.48. The number of nitrogens with zero attached hydrogens (tertiary/aromatic N) is 4. The van der Waals surface area contributed by atoms with Crippen molar-refractivity contribution in [3.05, 3.63) is 60.4 Å². The van der Waals surface area contributed by atoms with Gasteiger partial charge in [-0.15, -0.1) is 0 Å². The number of aliphatic hydroxyl groups is 1. The van der Waals surface area contributed by atoms with Crippen molar-refractivity contribution in [1.29, 1.82) is 0 Å². The Kier molecular flexibility index (Phi) is 14.4. The van der Waals surface area contributed by atoms with Gasteiger partial charge in [-0.3, -0.25) is 5.32 Å². The van der Waals surface area contributed by atoms with Crippen molar-refractivity contribution in [2.75, 3.05) is 19.8 Å². The molecule has 10 heteroatoms. The summed E-state index contributed by atoms with van der Waals surface area (Å²) in [4.78, 5) is 30.7. The number of carbonyl (C=O) groups excluding carboxylic acids is 1. The number of carbonyl (C=O) groups is 1. The Morgan fingerprint density at radius 3 is 1.81 bits per heavy atom. The van der Waals surface area contributed by atoms with Crippen LogP contribution in [0.5, 0.6) is 11.5 Å². The zero-order chi connectivity index (χ0) is 33.4. The Morgan fingerprint density at radius 2 is 1.26 bits per heavy atom. The van der Waals surface area contributed by atoms with Crippen LogP contribution in [0.3, 0.4) is 0 Å². The number of fused-ring (bicyclic) bond motifs is 2. The first-order valence-corrected chi connectivity index (χ1v) is 17.3. The summed E-state index contributed by atoms with van der Waals surface area (Å²) in [7, 11) is 0. The van der Waals surface area contributed by atoms with Gasteiger partial charge in [0.25, 0.3) is 0 Å². The molecule has 3 unspecified atom stereocenters. The third-order valence-corrected chi connectivity index (χ3v) is 8.22. The molecule has 254 valence electrons. The minimum absolute atomic E-state index is 0.0489. The van der Waals surface area contributed by atoms with E-state index in [4.69, 9.17) is 14.2 Å². The summed E-state index contributed by atoms with van der Waals surface area (Å²) in [5.41, 5.74) is 1.53. The van der Waals surface area contributed by atoms with Gasteiger partial charge in [-0.25, -0.2) is 24.7 Å². The maximum atomic E-state index is 12.5. The predicted molar refractivity (Wildman–Crippen MR) is 185 cm³/mol. The van der Waals surface area contributed by atoms with Crippen molar-refractivity contribution in [1.82, 2.24) is 25.3 Å². The molecular formula is C37H51N5O5. The summed E-state index contributed by atoms with van der Waals surface area (Å²) >= 11 is 0. The molecule has 2 heterocycles. The van der Waals surface area contributed by atoms with Gasteiger partial charge in [0.1, 0.15) is 36.0 Å². The van der Waals surface area contributed by atoms with E-state index in [1.165, 1.54) is 51.4 Å². The summed E-state index contributed by atoms with van der Waals surface area (Å²) in [5, 5.41) is 14.9. The number of alkyl carbamates (subject to hydrolysis) is 1. The number of aliphatic hydroxyl groups excluding tert-OH is 1. The van der Waals surface area contributed by atoms with E-state index in [-0.39, 0.29) is 12.5 Å². The van der Waals surface area contributed by atoms with Crippen LogP contribution < -0.4 is 14.8 Å². The lowest BCUT2D eigenvalue weighted by Gasteiger charge is -2.20. The van der Waals surface area contributed by atoms with E-state index < -0.39 is 18.2 Å². The molecule has 47 heavy (non-hydrogen) atoms.